The van der Waals surface area contributed by atoms with Crippen LogP contribution in [0, 0.1) is 0 Å². The molecule has 0 unspecified atom stereocenters. The lowest BCUT2D eigenvalue weighted by Gasteiger charge is -2.12. The van der Waals surface area contributed by atoms with Gasteiger partial charge in [-0.3, -0.25) is 4.79 Å². The lowest BCUT2D eigenvalue weighted by atomic mass is 10.0. The first-order chi connectivity index (χ1) is 12.6. The van der Waals surface area contributed by atoms with Crippen LogP contribution in [0.15, 0.2) is 91.1 Å². The number of allylic oxidation sites excluding steroid dienone is 1. The highest BCUT2D eigenvalue weighted by atomic mass is 16.1. The molecule has 0 spiro atoms. The van der Waals surface area contributed by atoms with Gasteiger partial charge in [-0.1, -0.05) is 54.6 Å². The number of ketones is 1. The number of carbonyl (C=O) groups is 1. The van der Waals surface area contributed by atoms with Crippen LogP contribution in [0.25, 0.3) is 11.1 Å². The molecular weight excluding hydrogens is 320 g/mol. The SMILES string of the molecule is CN(C)c1ccc(N/C=C/C(=O)c2ccc(-c3ccccc3)cc2)cc1. The standard InChI is InChI=1S/C23H22N2O/c1-25(2)22-14-12-21(13-15-22)24-17-16-23(26)20-10-8-19(9-11-20)18-6-4-3-5-7-18/h3-17,24H,1-2H3/b17-16+. The van der Waals surface area contributed by atoms with Crippen molar-refractivity contribution in [2.24, 2.45) is 0 Å². The highest BCUT2D eigenvalue weighted by Crippen LogP contribution is 2.19. The van der Waals surface area contributed by atoms with Gasteiger partial charge in [-0.25, -0.2) is 0 Å². The number of rotatable bonds is 6. The van der Waals surface area contributed by atoms with Gasteiger partial charge < -0.3 is 10.2 Å². The Balaban J connectivity index is 1.61. The van der Waals surface area contributed by atoms with Crippen molar-refractivity contribution in [2.75, 3.05) is 24.3 Å². The van der Waals surface area contributed by atoms with Crippen molar-refractivity contribution in [1.82, 2.24) is 0 Å². The van der Waals surface area contributed by atoms with Crippen LogP contribution in [0.2, 0.25) is 0 Å². The number of nitrogens with one attached hydrogen (secondary N) is 1. The first-order valence-electron chi connectivity index (χ1n) is 8.54. The van der Waals surface area contributed by atoms with Gasteiger partial charge in [-0.15, -0.1) is 0 Å². The molecule has 0 radical (unpaired) electrons. The number of nitrogens with zero attached hydrogens (tertiary/aromatic N) is 1. The Hall–Kier alpha value is -3.33. The Morgan fingerprint density at radius 1 is 0.808 bits per heavy atom. The molecule has 3 nitrogen and oxygen atoms in total. The molecule has 0 aliphatic rings. The Kier molecular flexibility index (Phi) is 5.49. The van der Waals surface area contributed by atoms with Crippen molar-refractivity contribution < 1.29 is 4.79 Å². The molecule has 3 rings (SSSR count). The average molecular weight is 342 g/mol. The highest BCUT2D eigenvalue weighted by molar-refractivity contribution is 6.04. The van der Waals surface area contributed by atoms with Crippen molar-refractivity contribution in [2.45, 2.75) is 0 Å². The maximum Gasteiger partial charge on any atom is 0.187 e. The molecule has 0 heterocycles. The van der Waals surface area contributed by atoms with Gasteiger partial charge in [0.25, 0.3) is 0 Å². The van der Waals surface area contributed by atoms with Gasteiger partial charge in [0.1, 0.15) is 0 Å². The summed E-state index contributed by atoms with van der Waals surface area (Å²) in [4.78, 5) is 14.3. The van der Waals surface area contributed by atoms with Crippen LogP contribution in [0.4, 0.5) is 11.4 Å². The third kappa shape index (κ3) is 4.39. The average Bonchev–Trinajstić information content (AvgIpc) is 2.69. The van der Waals surface area contributed by atoms with Gasteiger partial charge in [0.15, 0.2) is 5.78 Å². The molecule has 0 aliphatic heterocycles. The summed E-state index contributed by atoms with van der Waals surface area (Å²) in [5.41, 5.74) is 4.99. The predicted octanol–water partition coefficient (Wildman–Crippen LogP) is 5.23. The van der Waals surface area contributed by atoms with E-state index in [4.69, 9.17) is 0 Å². The Bertz CT molecular complexity index is 880. The van der Waals surface area contributed by atoms with Crippen LogP contribution in [0.5, 0.6) is 0 Å². The summed E-state index contributed by atoms with van der Waals surface area (Å²) in [6.45, 7) is 0. The lowest BCUT2D eigenvalue weighted by molar-refractivity contribution is 0.104. The van der Waals surface area contributed by atoms with E-state index in [1.54, 1.807) is 12.3 Å². The van der Waals surface area contributed by atoms with Crippen molar-refractivity contribution in [3.05, 3.63) is 96.7 Å². The molecule has 0 amide bonds. The zero-order valence-electron chi connectivity index (χ0n) is 15.0. The van der Waals surface area contributed by atoms with Crippen LogP contribution in [-0.2, 0) is 0 Å². The topological polar surface area (TPSA) is 32.3 Å². The minimum absolute atomic E-state index is 0.0259. The smallest absolute Gasteiger partial charge is 0.187 e. The minimum Gasteiger partial charge on any atom is -0.378 e. The Morgan fingerprint density at radius 3 is 2.04 bits per heavy atom. The van der Waals surface area contributed by atoms with Crippen LogP contribution in [-0.4, -0.2) is 19.9 Å². The van der Waals surface area contributed by atoms with E-state index in [9.17, 15) is 4.79 Å². The molecule has 0 saturated heterocycles. The van der Waals surface area contributed by atoms with E-state index in [2.05, 4.69) is 17.4 Å². The maximum atomic E-state index is 12.3. The number of hydrogen-bond donors (Lipinski definition) is 1. The van der Waals surface area contributed by atoms with E-state index in [1.807, 2.05) is 85.7 Å². The molecule has 0 bridgehead atoms. The van der Waals surface area contributed by atoms with Gasteiger partial charge >= 0.3 is 0 Å². The van der Waals surface area contributed by atoms with Crippen molar-refractivity contribution in [3.8, 4) is 11.1 Å². The highest BCUT2D eigenvalue weighted by Gasteiger charge is 2.03. The summed E-state index contributed by atoms with van der Waals surface area (Å²) < 4.78 is 0. The van der Waals surface area contributed by atoms with E-state index < -0.39 is 0 Å². The summed E-state index contributed by atoms with van der Waals surface area (Å²) in [5, 5.41) is 3.13. The predicted molar refractivity (Wildman–Crippen MR) is 110 cm³/mol. The molecule has 0 atom stereocenters. The molecule has 1 N–H and O–H groups in total. The number of benzene rings is 3. The first kappa shape index (κ1) is 17.5. The third-order valence-electron chi connectivity index (χ3n) is 4.14. The first-order valence-corrected chi connectivity index (χ1v) is 8.54. The fourth-order valence-electron chi connectivity index (χ4n) is 2.62. The quantitative estimate of drug-likeness (QED) is 0.492. The lowest BCUT2D eigenvalue weighted by Crippen LogP contribution is -2.08. The monoisotopic (exact) mass is 342 g/mol. The second kappa shape index (κ2) is 8.17. The largest absolute Gasteiger partial charge is 0.378 e. The van der Waals surface area contributed by atoms with Crippen LogP contribution in [0.3, 0.4) is 0 Å². The summed E-state index contributed by atoms with van der Waals surface area (Å²) in [7, 11) is 4.01. The van der Waals surface area contributed by atoms with E-state index in [0.29, 0.717) is 5.56 Å². The molecule has 3 aromatic carbocycles. The molecule has 3 aromatic rings. The summed E-state index contributed by atoms with van der Waals surface area (Å²) >= 11 is 0. The third-order valence-corrected chi connectivity index (χ3v) is 4.14. The van der Waals surface area contributed by atoms with Gasteiger partial charge in [0.05, 0.1) is 0 Å². The van der Waals surface area contributed by atoms with E-state index >= 15 is 0 Å². The van der Waals surface area contributed by atoms with Gasteiger partial charge in [0.2, 0.25) is 0 Å². The van der Waals surface area contributed by atoms with E-state index in [0.717, 1.165) is 22.5 Å². The number of hydrogen-bond acceptors (Lipinski definition) is 3. The zero-order chi connectivity index (χ0) is 18.4. The molecule has 130 valence electrons. The summed E-state index contributed by atoms with van der Waals surface area (Å²) in [6.07, 6.45) is 3.23. The molecular formula is C23H22N2O. The summed E-state index contributed by atoms with van der Waals surface area (Å²) in [6, 6.07) is 25.8. The van der Waals surface area contributed by atoms with Crippen molar-refractivity contribution >= 4 is 17.2 Å². The molecule has 0 aromatic heterocycles. The second-order valence-electron chi connectivity index (χ2n) is 6.23. The van der Waals surface area contributed by atoms with E-state index in [-0.39, 0.29) is 5.78 Å². The normalized spacial score (nSPS) is 10.7. The molecule has 0 saturated carbocycles. The van der Waals surface area contributed by atoms with Crippen LogP contribution < -0.4 is 10.2 Å². The maximum absolute atomic E-state index is 12.3. The van der Waals surface area contributed by atoms with Gasteiger partial charge in [-0.05, 0) is 35.4 Å². The Morgan fingerprint density at radius 2 is 1.42 bits per heavy atom. The molecule has 0 fully saturated rings. The minimum atomic E-state index is -0.0259. The van der Waals surface area contributed by atoms with Crippen LogP contribution >= 0.6 is 0 Å². The van der Waals surface area contributed by atoms with Gasteiger partial charge in [-0.2, -0.15) is 0 Å². The Labute approximate surface area is 154 Å². The van der Waals surface area contributed by atoms with Crippen molar-refractivity contribution in [1.29, 1.82) is 0 Å². The fourth-order valence-corrected chi connectivity index (χ4v) is 2.62. The van der Waals surface area contributed by atoms with Gasteiger partial charge in [0, 0.05) is 43.3 Å². The summed E-state index contributed by atoms with van der Waals surface area (Å²) in [5.74, 6) is -0.0259. The fraction of sp³-hybridized carbons (Fsp3) is 0.0870. The number of anilines is 2. The molecule has 26 heavy (non-hydrogen) atoms. The molecule has 3 heteroatoms. The van der Waals surface area contributed by atoms with Crippen molar-refractivity contribution in [3.63, 3.8) is 0 Å². The zero-order valence-corrected chi connectivity index (χ0v) is 15.0. The molecule has 0 aliphatic carbocycles. The van der Waals surface area contributed by atoms with Crippen LogP contribution in [0.1, 0.15) is 10.4 Å². The number of carbonyl (C=O) groups excluding carboxylic acids is 1. The van der Waals surface area contributed by atoms with E-state index in [1.165, 1.54) is 0 Å². The second-order valence-corrected chi connectivity index (χ2v) is 6.23.